The third-order valence-corrected chi connectivity index (χ3v) is 4.75. The molecule has 0 spiro atoms. The molecule has 2 saturated heterocycles. The van der Waals surface area contributed by atoms with Crippen LogP contribution < -0.4 is 0 Å². The van der Waals surface area contributed by atoms with Crippen molar-refractivity contribution in [2.24, 2.45) is 0 Å². The fraction of sp³-hybridized carbons (Fsp3) is 0.625. The van der Waals surface area contributed by atoms with Crippen molar-refractivity contribution in [1.29, 1.82) is 0 Å². The van der Waals surface area contributed by atoms with E-state index in [1.807, 2.05) is 24.0 Å². The van der Waals surface area contributed by atoms with Gasteiger partial charge in [-0.15, -0.1) is 0 Å². The van der Waals surface area contributed by atoms with Gasteiger partial charge >= 0.3 is 0 Å². The van der Waals surface area contributed by atoms with E-state index in [-0.39, 0.29) is 5.91 Å². The van der Waals surface area contributed by atoms with E-state index in [0.29, 0.717) is 32.5 Å². The standard InChI is InChI=1S/C16H22N2O3/c1-15(5-3-11-21-15)14(19)18-9-6-16(20,7-10-18)13-4-2-8-17-12-13/h2,4,8,12,20H,3,5-7,9-11H2,1H3/t15-/m0/s1. The SMILES string of the molecule is C[C@@]1(C(=O)N2CCC(O)(c3cccnc3)CC2)CCCO1. The Morgan fingerprint density at radius 1 is 1.38 bits per heavy atom. The maximum absolute atomic E-state index is 12.6. The molecule has 0 radical (unpaired) electrons. The van der Waals surface area contributed by atoms with Crippen LogP contribution in [-0.2, 0) is 15.1 Å². The number of carbonyl (C=O) groups is 1. The van der Waals surface area contributed by atoms with Crippen LogP contribution in [0.5, 0.6) is 0 Å². The zero-order valence-electron chi connectivity index (χ0n) is 12.4. The van der Waals surface area contributed by atoms with Gasteiger partial charge in [0.1, 0.15) is 5.60 Å². The van der Waals surface area contributed by atoms with E-state index in [4.69, 9.17) is 4.74 Å². The van der Waals surface area contributed by atoms with Crippen LogP contribution in [0.4, 0.5) is 0 Å². The molecule has 0 aromatic carbocycles. The first-order valence-electron chi connectivity index (χ1n) is 7.60. The highest BCUT2D eigenvalue weighted by Gasteiger charge is 2.43. The lowest BCUT2D eigenvalue weighted by molar-refractivity contribution is -0.155. The molecule has 5 heteroatoms. The Kier molecular flexibility index (Phi) is 3.71. The number of piperidine rings is 1. The monoisotopic (exact) mass is 290 g/mol. The molecule has 2 fully saturated rings. The summed E-state index contributed by atoms with van der Waals surface area (Å²) in [6.07, 6.45) is 6.22. The topological polar surface area (TPSA) is 62.7 Å². The Labute approximate surface area is 124 Å². The normalized spacial score (nSPS) is 28.6. The van der Waals surface area contributed by atoms with E-state index in [2.05, 4.69) is 4.98 Å². The van der Waals surface area contributed by atoms with Gasteiger partial charge in [0.2, 0.25) is 0 Å². The van der Waals surface area contributed by atoms with Gasteiger partial charge in [0, 0.05) is 37.7 Å². The zero-order valence-corrected chi connectivity index (χ0v) is 12.4. The number of rotatable bonds is 2. The van der Waals surface area contributed by atoms with Gasteiger partial charge in [-0.3, -0.25) is 9.78 Å². The first-order chi connectivity index (χ1) is 10.0. The average molecular weight is 290 g/mol. The van der Waals surface area contributed by atoms with E-state index in [9.17, 15) is 9.90 Å². The number of hydrogen-bond acceptors (Lipinski definition) is 4. The molecule has 1 N–H and O–H groups in total. The highest BCUT2D eigenvalue weighted by atomic mass is 16.5. The predicted octanol–water partition coefficient (Wildman–Crippen LogP) is 1.46. The maximum Gasteiger partial charge on any atom is 0.254 e. The number of likely N-dealkylation sites (tertiary alicyclic amines) is 1. The fourth-order valence-electron chi connectivity index (χ4n) is 3.29. The Balaban J connectivity index is 1.66. The van der Waals surface area contributed by atoms with Crippen molar-refractivity contribution in [3.8, 4) is 0 Å². The van der Waals surface area contributed by atoms with Crippen LogP contribution in [0.1, 0.15) is 38.2 Å². The Bertz CT molecular complexity index is 504. The zero-order chi connectivity index (χ0) is 14.9. The molecule has 1 atom stereocenters. The van der Waals surface area contributed by atoms with Crippen LogP contribution in [0.15, 0.2) is 24.5 Å². The summed E-state index contributed by atoms with van der Waals surface area (Å²) in [5.41, 5.74) is -0.702. The second-order valence-electron chi connectivity index (χ2n) is 6.25. The number of pyridine rings is 1. The molecule has 1 aromatic rings. The van der Waals surface area contributed by atoms with Gasteiger partial charge in [0.15, 0.2) is 0 Å². The largest absolute Gasteiger partial charge is 0.385 e. The minimum atomic E-state index is -0.873. The molecule has 2 aliphatic heterocycles. The summed E-state index contributed by atoms with van der Waals surface area (Å²) in [5.74, 6) is 0.0632. The fourth-order valence-corrected chi connectivity index (χ4v) is 3.29. The molecule has 0 aliphatic carbocycles. The molecular formula is C16H22N2O3. The number of hydrogen-bond donors (Lipinski definition) is 1. The van der Waals surface area contributed by atoms with E-state index < -0.39 is 11.2 Å². The van der Waals surface area contributed by atoms with Gasteiger partial charge in [-0.25, -0.2) is 0 Å². The molecule has 0 unspecified atom stereocenters. The summed E-state index contributed by atoms with van der Waals surface area (Å²) in [4.78, 5) is 18.5. The van der Waals surface area contributed by atoms with Crippen molar-refractivity contribution in [1.82, 2.24) is 9.88 Å². The summed E-state index contributed by atoms with van der Waals surface area (Å²) in [6, 6.07) is 3.73. The summed E-state index contributed by atoms with van der Waals surface area (Å²) >= 11 is 0. The lowest BCUT2D eigenvalue weighted by Gasteiger charge is -2.40. The van der Waals surface area contributed by atoms with Crippen molar-refractivity contribution in [3.63, 3.8) is 0 Å². The van der Waals surface area contributed by atoms with Gasteiger partial charge in [-0.05, 0) is 38.7 Å². The first kappa shape index (κ1) is 14.5. The minimum Gasteiger partial charge on any atom is -0.385 e. The summed E-state index contributed by atoms with van der Waals surface area (Å²) in [7, 11) is 0. The second kappa shape index (κ2) is 5.39. The Morgan fingerprint density at radius 3 is 2.71 bits per heavy atom. The molecule has 1 aromatic heterocycles. The number of ether oxygens (including phenoxy) is 1. The van der Waals surface area contributed by atoms with Crippen LogP contribution in [0.2, 0.25) is 0 Å². The van der Waals surface area contributed by atoms with Gasteiger partial charge in [0.25, 0.3) is 5.91 Å². The molecule has 1 amide bonds. The van der Waals surface area contributed by atoms with Crippen LogP contribution in [0, 0.1) is 0 Å². The predicted molar refractivity (Wildman–Crippen MR) is 77.5 cm³/mol. The van der Waals surface area contributed by atoms with Crippen molar-refractivity contribution < 1.29 is 14.6 Å². The molecule has 2 aliphatic rings. The summed E-state index contributed by atoms with van der Waals surface area (Å²) in [6.45, 7) is 3.66. The molecule has 3 rings (SSSR count). The van der Waals surface area contributed by atoms with Gasteiger partial charge < -0.3 is 14.7 Å². The van der Waals surface area contributed by atoms with Crippen LogP contribution >= 0.6 is 0 Å². The second-order valence-corrected chi connectivity index (χ2v) is 6.25. The van der Waals surface area contributed by atoms with Crippen molar-refractivity contribution in [3.05, 3.63) is 30.1 Å². The maximum atomic E-state index is 12.6. The minimum absolute atomic E-state index is 0.0632. The van der Waals surface area contributed by atoms with Crippen molar-refractivity contribution in [2.75, 3.05) is 19.7 Å². The van der Waals surface area contributed by atoms with Gasteiger partial charge in [-0.2, -0.15) is 0 Å². The van der Waals surface area contributed by atoms with E-state index >= 15 is 0 Å². The van der Waals surface area contributed by atoms with Crippen molar-refractivity contribution >= 4 is 5.91 Å². The number of aliphatic hydroxyl groups is 1. The first-order valence-corrected chi connectivity index (χ1v) is 7.60. The number of amides is 1. The number of aromatic nitrogens is 1. The average Bonchev–Trinajstić information content (AvgIpc) is 2.96. The molecule has 5 nitrogen and oxygen atoms in total. The number of nitrogens with zero attached hydrogens (tertiary/aromatic N) is 2. The van der Waals surface area contributed by atoms with E-state index in [1.165, 1.54) is 0 Å². The number of carbonyl (C=O) groups excluding carboxylic acids is 1. The highest BCUT2D eigenvalue weighted by Crippen LogP contribution is 2.34. The Hall–Kier alpha value is -1.46. The molecule has 114 valence electrons. The molecule has 21 heavy (non-hydrogen) atoms. The third-order valence-electron chi connectivity index (χ3n) is 4.75. The van der Waals surface area contributed by atoms with E-state index in [0.717, 1.165) is 18.4 Å². The van der Waals surface area contributed by atoms with E-state index in [1.54, 1.807) is 12.4 Å². The molecular weight excluding hydrogens is 268 g/mol. The quantitative estimate of drug-likeness (QED) is 0.895. The summed E-state index contributed by atoms with van der Waals surface area (Å²) < 4.78 is 5.63. The van der Waals surface area contributed by atoms with Crippen LogP contribution in [0.25, 0.3) is 0 Å². The molecule has 0 bridgehead atoms. The Morgan fingerprint density at radius 2 is 2.14 bits per heavy atom. The lowest BCUT2D eigenvalue weighted by Crippen LogP contribution is -2.52. The molecule has 3 heterocycles. The highest BCUT2D eigenvalue weighted by molar-refractivity contribution is 5.85. The van der Waals surface area contributed by atoms with Crippen LogP contribution in [-0.4, -0.2) is 46.2 Å². The van der Waals surface area contributed by atoms with Crippen LogP contribution in [0.3, 0.4) is 0 Å². The lowest BCUT2D eigenvalue weighted by atomic mass is 9.84. The van der Waals surface area contributed by atoms with Crippen molar-refractivity contribution in [2.45, 2.75) is 43.8 Å². The summed E-state index contributed by atoms with van der Waals surface area (Å²) in [5, 5.41) is 10.8. The van der Waals surface area contributed by atoms with Gasteiger partial charge in [0.05, 0.1) is 5.60 Å². The third kappa shape index (κ3) is 2.68. The smallest absolute Gasteiger partial charge is 0.254 e. The molecule has 0 saturated carbocycles. The van der Waals surface area contributed by atoms with Gasteiger partial charge in [-0.1, -0.05) is 6.07 Å².